The topological polar surface area (TPSA) is 51.7 Å². The number of pyridine rings is 1. The third kappa shape index (κ3) is 2.35. The molecule has 3 aliphatic heterocycles. The first kappa shape index (κ1) is 14.7. The van der Waals surface area contributed by atoms with Crippen LogP contribution in [0, 0.1) is 0 Å². The summed E-state index contributed by atoms with van der Waals surface area (Å²) in [5.74, 6) is -0.279. The molecule has 0 amide bonds. The van der Waals surface area contributed by atoms with E-state index in [2.05, 4.69) is 23.1 Å². The van der Waals surface area contributed by atoms with Crippen molar-refractivity contribution in [2.45, 2.75) is 19.6 Å². The number of nitrogens with zero attached hydrogens (tertiary/aromatic N) is 2. The van der Waals surface area contributed by atoms with Crippen LogP contribution in [-0.4, -0.2) is 41.7 Å². The van der Waals surface area contributed by atoms with Gasteiger partial charge in [0.05, 0.1) is 30.1 Å². The maximum Gasteiger partial charge on any atom is 0.303 e. The fraction of sp³-hybridized carbons (Fsp3) is 0.300. The van der Waals surface area contributed by atoms with Gasteiger partial charge in [0.2, 0.25) is 0 Å². The maximum absolute atomic E-state index is 11.4. The van der Waals surface area contributed by atoms with Crippen molar-refractivity contribution in [3.05, 3.63) is 58.8 Å². The van der Waals surface area contributed by atoms with Crippen LogP contribution >= 0.6 is 0 Å². The van der Waals surface area contributed by atoms with Crippen molar-refractivity contribution >= 4 is 22.6 Å². The van der Waals surface area contributed by atoms with Gasteiger partial charge in [-0.1, -0.05) is 18.2 Å². The van der Waals surface area contributed by atoms with E-state index in [9.17, 15) is 4.79 Å². The summed E-state index contributed by atoms with van der Waals surface area (Å²) >= 11 is 0. The first-order chi connectivity index (χ1) is 12.2. The van der Waals surface area contributed by atoms with Gasteiger partial charge in [-0.3, -0.25) is 4.79 Å². The molecule has 1 aromatic carbocycles. The summed E-state index contributed by atoms with van der Waals surface area (Å²) in [6.07, 6.45) is 1.82. The van der Waals surface area contributed by atoms with E-state index in [1.807, 2.05) is 18.2 Å². The molecule has 1 atom stereocenters. The number of para-hydroxylation sites is 1. The highest BCUT2D eigenvalue weighted by Gasteiger charge is 2.35. The number of hydrogen-bond donors (Lipinski definition) is 0. The summed E-state index contributed by atoms with van der Waals surface area (Å²) in [5, 5.41) is 1.17. The van der Waals surface area contributed by atoms with Gasteiger partial charge in [0.25, 0.3) is 0 Å². The summed E-state index contributed by atoms with van der Waals surface area (Å²) in [4.78, 5) is 18.6. The molecule has 5 rings (SSSR count). The number of rotatable bonds is 1. The normalized spacial score (nSPS) is 21.6. The van der Waals surface area contributed by atoms with Gasteiger partial charge >= 0.3 is 5.97 Å². The fourth-order valence-corrected chi connectivity index (χ4v) is 3.94. The molecule has 1 unspecified atom stereocenters. The molecule has 0 spiro atoms. The minimum atomic E-state index is -0.319. The molecule has 1 aromatic heterocycles. The first-order valence-electron chi connectivity index (χ1n) is 8.51. The van der Waals surface area contributed by atoms with Crippen molar-refractivity contribution in [2.24, 2.45) is 0 Å². The van der Waals surface area contributed by atoms with Crippen molar-refractivity contribution in [3.8, 4) is 0 Å². The Labute approximate surface area is 145 Å². The molecule has 5 nitrogen and oxygen atoms in total. The summed E-state index contributed by atoms with van der Waals surface area (Å²) in [6, 6.07) is 10.4. The molecule has 4 heterocycles. The van der Waals surface area contributed by atoms with Gasteiger partial charge in [0, 0.05) is 31.0 Å². The van der Waals surface area contributed by atoms with Crippen LogP contribution < -0.4 is 0 Å². The lowest BCUT2D eigenvalue weighted by atomic mass is 9.96. The van der Waals surface area contributed by atoms with Crippen molar-refractivity contribution in [1.29, 1.82) is 0 Å². The van der Waals surface area contributed by atoms with E-state index < -0.39 is 0 Å². The lowest BCUT2D eigenvalue weighted by Gasteiger charge is -2.34. The van der Waals surface area contributed by atoms with Crippen LogP contribution in [0.25, 0.3) is 16.6 Å². The number of fused-ring (bicyclic) bond motifs is 4. The van der Waals surface area contributed by atoms with Gasteiger partial charge < -0.3 is 14.4 Å². The molecule has 0 N–H and O–H groups in total. The zero-order chi connectivity index (χ0) is 17.0. The highest BCUT2D eigenvalue weighted by molar-refractivity contribution is 5.84. The largest absolute Gasteiger partial charge is 0.455 e. The van der Waals surface area contributed by atoms with Crippen molar-refractivity contribution in [3.63, 3.8) is 0 Å². The number of hydrogen-bond acceptors (Lipinski definition) is 5. The SMILES string of the molecule is CC(=O)OC1COCC2=C1C=C1c3nc4ccccc4cc3CN1C2. The predicted molar refractivity (Wildman–Crippen MR) is 93.5 cm³/mol. The Balaban J connectivity index is 1.60. The third-order valence-electron chi connectivity index (χ3n) is 5.03. The summed E-state index contributed by atoms with van der Waals surface area (Å²) in [6.45, 7) is 4.11. The zero-order valence-corrected chi connectivity index (χ0v) is 14.0. The summed E-state index contributed by atoms with van der Waals surface area (Å²) in [7, 11) is 0. The molecule has 25 heavy (non-hydrogen) atoms. The van der Waals surface area contributed by atoms with Crippen LogP contribution in [0.1, 0.15) is 18.2 Å². The van der Waals surface area contributed by atoms with Crippen LogP contribution in [0.15, 0.2) is 47.6 Å². The highest BCUT2D eigenvalue weighted by Crippen LogP contribution is 2.39. The molecule has 0 saturated carbocycles. The molecule has 0 saturated heterocycles. The molecular formula is C20H18N2O3. The monoisotopic (exact) mass is 334 g/mol. The average molecular weight is 334 g/mol. The lowest BCUT2D eigenvalue weighted by molar-refractivity contribution is -0.147. The number of ether oxygens (including phenoxy) is 2. The molecular weight excluding hydrogens is 316 g/mol. The quantitative estimate of drug-likeness (QED) is 0.751. The van der Waals surface area contributed by atoms with E-state index in [4.69, 9.17) is 14.5 Å². The van der Waals surface area contributed by atoms with Crippen molar-refractivity contribution < 1.29 is 14.3 Å². The number of aromatic nitrogens is 1. The maximum atomic E-state index is 11.4. The van der Waals surface area contributed by atoms with E-state index in [1.165, 1.54) is 23.4 Å². The Kier molecular flexibility index (Phi) is 3.18. The van der Waals surface area contributed by atoms with Crippen LogP contribution in [-0.2, 0) is 20.8 Å². The highest BCUT2D eigenvalue weighted by atomic mass is 16.6. The molecule has 0 radical (unpaired) electrons. The van der Waals surface area contributed by atoms with Crippen LogP contribution in [0.4, 0.5) is 0 Å². The Hall–Kier alpha value is -2.66. The predicted octanol–water partition coefficient (Wildman–Crippen LogP) is 2.66. The lowest BCUT2D eigenvalue weighted by Crippen LogP contribution is -2.36. The van der Waals surface area contributed by atoms with Crippen molar-refractivity contribution in [1.82, 2.24) is 9.88 Å². The Bertz CT molecular complexity index is 961. The van der Waals surface area contributed by atoms with Gasteiger partial charge in [-0.05, 0) is 29.3 Å². The Morgan fingerprint density at radius 2 is 2.20 bits per heavy atom. The number of carbonyl (C=O) groups is 1. The van der Waals surface area contributed by atoms with Crippen LogP contribution in [0.5, 0.6) is 0 Å². The van der Waals surface area contributed by atoms with Gasteiger partial charge in [-0.15, -0.1) is 0 Å². The molecule has 0 fully saturated rings. The minimum absolute atomic E-state index is 0.279. The second-order valence-corrected chi connectivity index (χ2v) is 6.75. The van der Waals surface area contributed by atoms with Gasteiger partial charge in [0.15, 0.2) is 6.10 Å². The number of esters is 1. The van der Waals surface area contributed by atoms with Gasteiger partial charge in [0.1, 0.15) is 0 Å². The van der Waals surface area contributed by atoms with E-state index >= 15 is 0 Å². The molecule has 0 bridgehead atoms. The molecule has 3 aliphatic rings. The van der Waals surface area contributed by atoms with E-state index in [0.29, 0.717) is 13.2 Å². The second-order valence-electron chi connectivity index (χ2n) is 6.75. The van der Waals surface area contributed by atoms with E-state index in [1.54, 1.807) is 0 Å². The summed E-state index contributed by atoms with van der Waals surface area (Å²) in [5.41, 5.74) is 6.69. The van der Waals surface area contributed by atoms with E-state index in [-0.39, 0.29) is 12.1 Å². The molecule has 5 heteroatoms. The smallest absolute Gasteiger partial charge is 0.303 e. The van der Waals surface area contributed by atoms with Crippen molar-refractivity contribution in [2.75, 3.05) is 19.8 Å². The number of carbonyl (C=O) groups excluding carboxylic acids is 1. The first-order valence-corrected chi connectivity index (χ1v) is 8.51. The van der Waals surface area contributed by atoms with E-state index in [0.717, 1.165) is 35.6 Å². The standard InChI is InChI=1S/C20H18N2O3/c1-12(23)25-19-11-24-10-15-9-22-8-14-6-13-4-2-3-5-17(13)21-20(14)18(22)7-16(15)19/h2-7,19H,8-11H2,1H3. The van der Waals surface area contributed by atoms with Gasteiger partial charge in [-0.2, -0.15) is 0 Å². The Morgan fingerprint density at radius 1 is 1.32 bits per heavy atom. The number of benzene rings is 1. The van der Waals surface area contributed by atoms with Gasteiger partial charge in [-0.25, -0.2) is 4.98 Å². The zero-order valence-electron chi connectivity index (χ0n) is 14.0. The second kappa shape index (κ2) is 5.43. The Morgan fingerprint density at radius 3 is 3.08 bits per heavy atom. The molecule has 2 aromatic rings. The van der Waals surface area contributed by atoms with Crippen LogP contribution in [0.2, 0.25) is 0 Å². The molecule has 126 valence electrons. The van der Waals surface area contributed by atoms with Crippen LogP contribution in [0.3, 0.4) is 0 Å². The average Bonchev–Trinajstić information content (AvgIpc) is 2.94. The minimum Gasteiger partial charge on any atom is -0.455 e. The summed E-state index contributed by atoms with van der Waals surface area (Å²) < 4.78 is 11.1. The molecule has 0 aliphatic carbocycles. The fourth-order valence-electron chi connectivity index (χ4n) is 3.94. The third-order valence-corrected chi connectivity index (χ3v) is 5.03.